The summed E-state index contributed by atoms with van der Waals surface area (Å²) in [5, 5.41) is 5.81. The van der Waals surface area contributed by atoms with E-state index in [2.05, 4.69) is 10.6 Å². The SMILES string of the molecule is Cc1ccc(NC(=O)CCS(=O)(=O)N2CCNCC2)cc1. The standard InChI is InChI=1S/C14H21N3O3S/c1-12-2-4-13(5-3-12)16-14(18)6-11-21(19,20)17-9-7-15-8-10-17/h2-5,15H,6-11H2,1H3,(H,16,18). The molecule has 6 nitrogen and oxygen atoms in total. The maximum atomic E-state index is 12.1. The molecule has 1 saturated heterocycles. The number of sulfonamides is 1. The van der Waals surface area contributed by atoms with Crippen LogP contribution in [0, 0.1) is 6.92 Å². The summed E-state index contributed by atoms with van der Waals surface area (Å²) in [5.41, 5.74) is 1.79. The number of nitrogens with one attached hydrogen (secondary N) is 2. The highest BCUT2D eigenvalue weighted by atomic mass is 32.2. The van der Waals surface area contributed by atoms with Gasteiger partial charge in [-0.1, -0.05) is 17.7 Å². The zero-order chi connectivity index (χ0) is 15.3. The van der Waals surface area contributed by atoms with Crippen LogP contribution in [0.15, 0.2) is 24.3 Å². The summed E-state index contributed by atoms with van der Waals surface area (Å²) in [6.45, 7) is 4.24. The van der Waals surface area contributed by atoms with Crippen molar-refractivity contribution in [3.63, 3.8) is 0 Å². The first-order chi connectivity index (χ1) is 9.97. The molecule has 116 valence electrons. The smallest absolute Gasteiger partial charge is 0.225 e. The van der Waals surface area contributed by atoms with E-state index in [1.807, 2.05) is 19.1 Å². The zero-order valence-corrected chi connectivity index (χ0v) is 12.9. The Kier molecular flexibility index (Phi) is 5.33. The number of anilines is 1. The quantitative estimate of drug-likeness (QED) is 0.833. The number of benzene rings is 1. The highest BCUT2D eigenvalue weighted by Gasteiger charge is 2.24. The molecule has 1 aliphatic rings. The van der Waals surface area contributed by atoms with Gasteiger partial charge in [-0.3, -0.25) is 4.79 Å². The van der Waals surface area contributed by atoms with E-state index in [-0.39, 0.29) is 18.1 Å². The van der Waals surface area contributed by atoms with E-state index in [9.17, 15) is 13.2 Å². The molecule has 0 spiro atoms. The molecule has 1 aromatic rings. The Labute approximate surface area is 125 Å². The molecule has 7 heteroatoms. The number of rotatable bonds is 5. The molecule has 0 bridgehead atoms. The lowest BCUT2D eigenvalue weighted by Gasteiger charge is -2.26. The van der Waals surface area contributed by atoms with Gasteiger partial charge in [-0.25, -0.2) is 8.42 Å². The average Bonchev–Trinajstić information content (AvgIpc) is 2.49. The maximum absolute atomic E-state index is 12.1. The van der Waals surface area contributed by atoms with Crippen molar-refractivity contribution in [1.82, 2.24) is 9.62 Å². The summed E-state index contributed by atoms with van der Waals surface area (Å²) in [7, 11) is -3.34. The molecular formula is C14H21N3O3S. The largest absolute Gasteiger partial charge is 0.326 e. The first-order valence-corrected chi connectivity index (χ1v) is 8.63. The topological polar surface area (TPSA) is 78.5 Å². The lowest BCUT2D eigenvalue weighted by Crippen LogP contribution is -2.47. The van der Waals surface area contributed by atoms with Gasteiger partial charge in [0.05, 0.1) is 5.75 Å². The van der Waals surface area contributed by atoms with Gasteiger partial charge in [0.1, 0.15) is 0 Å². The minimum atomic E-state index is -3.34. The normalized spacial score (nSPS) is 16.6. The number of hydrogen-bond donors (Lipinski definition) is 2. The summed E-state index contributed by atoms with van der Waals surface area (Å²) < 4.78 is 25.7. The maximum Gasteiger partial charge on any atom is 0.225 e. The molecule has 0 saturated carbocycles. The number of nitrogens with zero attached hydrogens (tertiary/aromatic N) is 1. The van der Waals surface area contributed by atoms with Crippen LogP contribution < -0.4 is 10.6 Å². The van der Waals surface area contributed by atoms with E-state index < -0.39 is 10.0 Å². The van der Waals surface area contributed by atoms with Crippen LogP contribution in [0.5, 0.6) is 0 Å². The Balaban J connectivity index is 1.84. The van der Waals surface area contributed by atoms with E-state index in [1.54, 1.807) is 12.1 Å². The third kappa shape index (κ3) is 4.80. The molecule has 1 aromatic carbocycles. The van der Waals surface area contributed by atoms with E-state index >= 15 is 0 Å². The van der Waals surface area contributed by atoms with Gasteiger partial charge in [-0.05, 0) is 19.1 Å². The van der Waals surface area contributed by atoms with E-state index in [4.69, 9.17) is 0 Å². The van der Waals surface area contributed by atoms with Gasteiger partial charge in [-0.15, -0.1) is 0 Å². The van der Waals surface area contributed by atoms with Gasteiger partial charge in [0.15, 0.2) is 0 Å². The highest BCUT2D eigenvalue weighted by molar-refractivity contribution is 7.89. The van der Waals surface area contributed by atoms with Gasteiger partial charge < -0.3 is 10.6 Å². The third-order valence-electron chi connectivity index (χ3n) is 3.39. The fraction of sp³-hybridized carbons (Fsp3) is 0.500. The molecule has 2 N–H and O–H groups in total. The molecule has 1 aliphatic heterocycles. The van der Waals surface area contributed by atoms with Gasteiger partial charge in [0, 0.05) is 38.3 Å². The number of piperazine rings is 1. The summed E-state index contributed by atoms with van der Waals surface area (Å²) >= 11 is 0. The molecule has 0 atom stereocenters. The highest BCUT2D eigenvalue weighted by Crippen LogP contribution is 2.10. The van der Waals surface area contributed by atoms with Crippen LogP contribution in [0.2, 0.25) is 0 Å². The Hall–Kier alpha value is -1.44. The summed E-state index contributed by atoms with van der Waals surface area (Å²) in [5.74, 6) is -0.428. The third-order valence-corrected chi connectivity index (χ3v) is 5.26. The second-order valence-electron chi connectivity index (χ2n) is 5.13. The number of aryl methyl sites for hydroxylation is 1. The monoisotopic (exact) mass is 311 g/mol. The molecule has 2 rings (SSSR count). The van der Waals surface area contributed by atoms with Crippen molar-refractivity contribution in [2.45, 2.75) is 13.3 Å². The van der Waals surface area contributed by atoms with Crippen LogP contribution in [0.4, 0.5) is 5.69 Å². The predicted molar refractivity (Wildman–Crippen MR) is 82.7 cm³/mol. The average molecular weight is 311 g/mol. The van der Waals surface area contributed by atoms with Crippen LogP contribution in [-0.4, -0.2) is 50.6 Å². The first-order valence-electron chi connectivity index (χ1n) is 7.02. The minimum Gasteiger partial charge on any atom is -0.326 e. The van der Waals surface area contributed by atoms with Crippen LogP contribution in [0.1, 0.15) is 12.0 Å². The van der Waals surface area contributed by atoms with Crippen LogP contribution in [0.25, 0.3) is 0 Å². The van der Waals surface area contributed by atoms with E-state index in [0.29, 0.717) is 31.9 Å². The fourth-order valence-corrected chi connectivity index (χ4v) is 3.57. The Morgan fingerprint density at radius 1 is 1.24 bits per heavy atom. The van der Waals surface area contributed by atoms with Gasteiger partial charge >= 0.3 is 0 Å². The zero-order valence-electron chi connectivity index (χ0n) is 12.1. The van der Waals surface area contributed by atoms with Crippen molar-refractivity contribution in [3.8, 4) is 0 Å². The summed E-state index contributed by atoms with van der Waals surface area (Å²) in [4.78, 5) is 11.8. The van der Waals surface area contributed by atoms with Gasteiger partial charge in [-0.2, -0.15) is 4.31 Å². The van der Waals surface area contributed by atoms with Crippen molar-refractivity contribution in [1.29, 1.82) is 0 Å². The second kappa shape index (κ2) is 7.02. The van der Waals surface area contributed by atoms with Gasteiger partial charge in [0.2, 0.25) is 15.9 Å². The molecule has 0 radical (unpaired) electrons. The molecule has 1 amide bonds. The Bertz CT molecular complexity index is 578. The van der Waals surface area contributed by atoms with Crippen LogP contribution in [-0.2, 0) is 14.8 Å². The summed E-state index contributed by atoms with van der Waals surface area (Å²) in [6.07, 6.45) is -0.0276. The Morgan fingerprint density at radius 2 is 1.86 bits per heavy atom. The lowest BCUT2D eigenvalue weighted by molar-refractivity contribution is -0.115. The number of carbonyl (C=O) groups excluding carboxylic acids is 1. The van der Waals surface area contributed by atoms with E-state index in [0.717, 1.165) is 5.56 Å². The molecule has 0 unspecified atom stereocenters. The molecular weight excluding hydrogens is 290 g/mol. The molecule has 21 heavy (non-hydrogen) atoms. The number of amides is 1. The molecule has 1 heterocycles. The van der Waals surface area contributed by atoms with Crippen molar-refractivity contribution < 1.29 is 13.2 Å². The first kappa shape index (κ1) is 15.9. The van der Waals surface area contributed by atoms with Crippen molar-refractivity contribution in [3.05, 3.63) is 29.8 Å². The minimum absolute atomic E-state index is 0.0276. The predicted octanol–water partition coefficient (Wildman–Crippen LogP) is 0.559. The van der Waals surface area contributed by atoms with Crippen molar-refractivity contribution >= 4 is 21.6 Å². The van der Waals surface area contributed by atoms with Crippen LogP contribution >= 0.6 is 0 Å². The molecule has 0 aliphatic carbocycles. The Morgan fingerprint density at radius 3 is 2.48 bits per heavy atom. The summed E-state index contributed by atoms with van der Waals surface area (Å²) in [6, 6.07) is 7.40. The lowest BCUT2D eigenvalue weighted by atomic mass is 10.2. The van der Waals surface area contributed by atoms with E-state index in [1.165, 1.54) is 4.31 Å². The second-order valence-corrected chi connectivity index (χ2v) is 7.22. The fourth-order valence-electron chi connectivity index (χ4n) is 2.13. The number of hydrogen-bond acceptors (Lipinski definition) is 4. The number of carbonyl (C=O) groups is 1. The van der Waals surface area contributed by atoms with Crippen molar-refractivity contribution in [2.24, 2.45) is 0 Å². The van der Waals surface area contributed by atoms with Gasteiger partial charge in [0.25, 0.3) is 0 Å². The molecule has 0 aromatic heterocycles. The van der Waals surface area contributed by atoms with Crippen molar-refractivity contribution in [2.75, 3.05) is 37.2 Å². The van der Waals surface area contributed by atoms with Crippen LogP contribution in [0.3, 0.4) is 0 Å². The molecule has 1 fully saturated rings.